The molecule has 0 radical (unpaired) electrons. The van der Waals surface area contributed by atoms with Crippen molar-refractivity contribution in [3.05, 3.63) is 57.9 Å². The molecule has 1 atom stereocenters. The van der Waals surface area contributed by atoms with Crippen LogP contribution < -0.4 is 5.32 Å². The molecule has 9 heteroatoms. The summed E-state index contributed by atoms with van der Waals surface area (Å²) in [4.78, 5) is 31.6. The van der Waals surface area contributed by atoms with Gasteiger partial charge >= 0.3 is 5.97 Å². The normalized spacial score (nSPS) is 16.7. The summed E-state index contributed by atoms with van der Waals surface area (Å²) in [6, 6.07) is 13.4. The number of carbonyl (C=O) groups excluding carboxylic acids is 1. The number of nitrogens with one attached hydrogen (secondary N) is 1. The van der Waals surface area contributed by atoms with Gasteiger partial charge in [0.1, 0.15) is 4.88 Å². The van der Waals surface area contributed by atoms with Crippen molar-refractivity contribution in [3.63, 3.8) is 0 Å². The zero-order valence-electron chi connectivity index (χ0n) is 17.0. The Labute approximate surface area is 197 Å². The molecule has 0 bridgehead atoms. The highest BCUT2D eigenvalue weighted by Gasteiger charge is 2.29. The van der Waals surface area contributed by atoms with Gasteiger partial charge < -0.3 is 10.4 Å². The van der Waals surface area contributed by atoms with Crippen molar-refractivity contribution < 1.29 is 14.7 Å². The van der Waals surface area contributed by atoms with Crippen LogP contribution in [0.25, 0.3) is 20.3 Å². The van der Waals surface area contributed by atoms with Crippen LogP contribution in [-0.4, -0.2) is 46.0 Å². The Hall–Kier alpha value is -2.52. The number of rotatable bonds is 6. The lowest BCUT2D eigenvalue weighted by Gasteiger charge is -2.23. The fraction of sp³-hybridized carbons (Fsp3) is 0.261. The van der Waals surface area contributed by atoms with Crippen LogP contribution in [0.3, 0.4) is 0 Å². The number of likely N-dealkylation sites (tertiary alicyclic amines) is 1. The molecular formula is C23H20ClN3O3S2. The zero-order chi connectivity index (χ0) is 22.2. The number of aromatic carboxylic acids is 1. The molecule has 5 rings (SSSR count). The molecule has 1 fully saturated rings. The van der Waals surface area contributed by atoms with Crippen LogP contribution in [0.2, 0.25) is 5.02 Å². The van der Waals surface area contributed by atoms with E-state index in [4.69, 9.17) is 11.6 Å². The second kappa shape index (κ2) is 8.78. The second-order valence-corrected chi connectivity index (χ2v) is 10.4. The number of carboxylic acids is 1. The average Bonchev–Trinajstić information content (AvgIpc) is 3.45. The van der Waals surface area contributed by atoms with Crippen molar-refractivity contribution in [1.82, 2.24) is 9.88 Å². The molecule has 0 spiro atoms. The zero-order valence-corrected chi connectivity index (χ0v) is 19.4. The first-order chi connectivity index (χ1) is 15.5. The Kier molecular flexibility index (Phi) is 5.86. The fourth-order valence-electron chi connectivity index (χ4n) is 4.34. The summed E-state index contributed by atoms with van der Waals surface area (Å²) < 4.78 is 1.91. The monoisotopic (exact) mass is 485 g/mol. The third-order valence-corrected chi connectivity index (χ3v) is 8.14. The first-order valence-corrected chi connectivity index (χ1v) is 12.3. The number of carboxylic acid groups (broad SMARTS) is 1. The Morgan fingerprint density at radius 2 is 2.03 bits per heavy atom. The summed E-state index contributed by atoms with van der Waals surface area (Å²) in [5.41, 5.74) is 1.68. The highest BCUT2D eigenvalue weighted by molar-refractivity contribution is 7.22. The lowest BCUT2D eigenvalue weighted by atomic mass is 10.0. The molecule has 3 heterocycles. The van der Waals surface area contributed by atoms with E-state index in [-0.39, 0.29) is 18.5 Å². The molecule has 164 valence electrons. The minimum atomic E-state index is -0.889. The van der Waals surface area contributed by atoms with Gasteiger partial charge in [0.15, 0.2) is 5.13 Å². The largest absolute Gasteiger partial charge is 0.477 e. The molecule has 1 amide bonds. The minimum Gasteiger partial charge on any atom is -0.477 e. The van der Waals surface area contributed by atoms with Gasteiger partial charge in [0.05, 0.1) is 16.8 Å². The number of fused-ring (bicyclic) bond motifs is 2. The van der Waals surface area contributed by atoms with E-state index in [0.717, 1.165) is 45.3 Å². The first kappa shape index (κ1) is 21.3. The maximum Gasteiger partial charge on any atom is 0.346 e. The van der Waals surface area contributed by atoms with E-state index in [1.54, 1.807) is 6.07 Å². The van der Waals surface area contributed by atoms with Crippen LogP contribution in [0.5, 0.6) is 0 Å². The summed E-state index contributed by atoms with van der Waals surface area (Å²) in [5, 5.41) is 14.8. The van der Waals surface area contributed by atoms with Crippen LogP contribution >= 0.6 is 34.3 Å². The quantitative estimate of drug-likeness (QED) is 0.376. The topological polar surface area (TPSA) is 82.5 Å². The summed E-state index contributed by atoms with van der Waals surface area (Å²) in [6.07, 6.45) is 2.55. The van der Waals surface area contributed by atoms with E-state index in [0.29, 0.717) is 21.5 Å². The molecule has 4 aromatic rings. The number of halogens is 1. The van der Waals surface area contributed by atoms with Gasteiger partial charge in [-0.15, -0.1) is 11.3 Å². The lowest BCUT2D eigenvalue weighted by Crippen LogP contribution is -2.38. The highest BCUT2D eigenvalue weighted by atomic mass is 35.5. The van der Waals surface area contributed by atoms with Gasteiger partial charge in [-0.05, 0) is 61.0 Å². The standard InChI is InChI=1S/C23H20ClN3O3S2/c24-13-7-8-17-19(10-13)32-23(25-17)26-20(28)12-27-9-3-4-14(27)11-16-15-5-1-2-6-18(15)31-21(16)22(29)30/h1-2,5-8,10,14H,3-4,9,11-12H2,(H,29,30)(H,25,26,28)/t14-/m0/s1. The van der Waals surface area contributed by atoms with Gasteiger partial charge in [-0.25, -0.2) is 9.78 Å². The van der Waals surface area contributed by atoms with Crippen LogP contribution in [0.4, 0.5) is 5.13 Å². The maximum absolute atomic E-state index is 12.7. The van der Waals surface area contributed by atoms with Crippen molar-refractivity contribution >= 4 is 71.6 Å². The Bertz CT molecular complexity index is 1330. The summed E-state index contributed by atoms with van der Waals surface area (Å²) >= 11 is 8.76. The second-order valence-electron chi connectivity index (χ2n) is 7.86. The first-order valence-electron chi connectivity index (χ1n) is 10.3. The van der Waals surface area contributed by atoms with Crippen molar-refractivity contribution in [3.8, 4) is 0 Å². The van der Waals surface area contributed by atoms with E-state index >= 15 is 0 Å². The number of nitrogens with zero attached hydrogens (tertiary/aromatic N) is 2. The van der Waals surface area contributed by atoms with Gasteiger partial charge in [-0.2, -0.15) is 0 Å². The van der Waals surface area contributed by atoms with E-state index < -0.39 is 5.97 Å². The molecular weight excluding hydrogens is 466 g/mol. The van der Waals surface area contributed by atoms with E-state index in [9.17, 15) is 14.7 Å². The smallest absolute Gasteiger partial charge is 0.346 e. The van der Waals surface area contributed by atoms with Crippen molar-refractivity contribution in [1.29, 1.82) is 0 Å². The van der Waals surface area contributed by atoms with Crippen LogP contribution in [0, 0.1) is 0 Å². The number of hydrogen-bond acceptors (Lipinski definition) is 6. The highest BCUT2D eigenvalue weighted by Crippen LogP contribution is 2.34. The third-order valence-electron chi connectivity index (χ3n) is 5.77. The number of benzene rings is 2. The van der Waals surface area contributed by atoms with E-state index in [1.165, 1.54) is 22.7 Å². The van der Waals surface area contributed by atoms with Gasteiger partial charge in [0.2, 0.25) is 5.91 Å². The van der Waals surface area contributed by atoms with Crippen molar-refractivity contribution in [2.24, 2.45) is 0 Å². The van der Waals surface area contributed by atoms with E-state index in [1.807, 2.05) is 36.4 Å². The predicted octanol–water partition coefficient (Wildman–Crippen LogP) is 5.51. The maximum atomic E-state index is 12.7. The third kappa shape index (κ3) is 4.23. The lowest BCUT2D eigenvalue weighted by molar-refractivity contribution is -0.117. The fourth-order valence-corrected chi connectivity index (χ4v) is 6.57. The molecule has 32 heavy (non-hydrogen) atoms. The number of amides is 1. The molecule has 1 saturated heterocycles. The number of thiazole rings is 1. The van der Waals surface area contributed by atoms with Crippen molar-refractivity contribution in [2.45, 2.75) is 25.3 Å². The van der Waals surface area contributed by atoms with Crippen molar-refractivity contribution in [2.75, 3.05) is 18.4 Å². The van der Waals surface area contributed by atoms with Gasteiger partial charge in [-0.3, -0.25) is 9.69 Å². The number of carbonyl (C=O) groups is 2. The number of thiophene rings is 1. The van der Waals surface area contributed by atoms with Crippen LogP contribution in [-0.2, 0) is 11.2 Å². The van der Waals surface area contributed by atoms with Gasteiger partial charge in [0.25, 0.3) is 0 Å². The molecule has 1 aliphatic rings. The number of anilines is 1. The van der Waals surface area contributed by atoms with E-state index in [2.05, 4.69) is 15.2 Å². The average molecular weight is 486 g/mol. The van der Waals surface area contributed by atoms with Crippen LogP contribution in [0.1, 0.15) is 28.1 Å². The Morgan fingerprint density at radius 3 is 2.88 bits per heavy atom. The summed E-state index contributed by atoms with van der Waals surface area (Å²) in [5.74, 6) is -1.00. The number of hydrogen-bond donors (Lipinski definition) is 2. The molecule has 0 saturated carbocycles. The SMILES string of the molecule is O=C(CN1CCC[C@H]1Cc1c(C(=O)O)sc2ccccc12)Nc1nc2ccc(Cl)cc2s1. The predicted molar refractivity (Wildman–Crippen MR) is 130 cm³/mol. The number of aromatic nitrogens is 1. The Balaban J connectivity index is 1.31. The Morgan fingerprint density at radius 1 is 1.19 bits per heavy atom. The van der Waals surface area contributed by atoms with Gasteiger partial charge in [-0.1, -0.05) is 41.1 Å². The molecule has 0 unspecified atom stereocenters. The molecule has 6 nitrogen and oxygen atoms in total. The molecule has 0 aliphatic carbocycles. The minimum absolute atomic E-state index is 0.115. The molecule has 2 N–H and O–H groups in total. The molecule has 1 aliphatic heterocycles. The molecule has 2 aromatic carbocycles. The summed E-state index contributed by atoms with van der Waals surface area (Å²) in [7, 11) is 0. The van der Waals surface area contributed by atoms with Gasteiger partial charge in [0, 0.05) is 15.8 Å². The summed E-state index contributed by atoms with van der Waals surface area (Å²) in [6.45, 7) is 1.07. The molecule has 2 aromatic heterocycles. The van der Waals surface area contributed by atoms with Crippen LogP contribution in [0.15, 0.2) is 42.5 Å².